The number of rotatable bonds is 4. The van der Waals surface area contributed by atoms with Crippen molar-refractivity contribution in [3.8, 4) is 0 Å². The maximum Gasteiger partial charge on any atom is 0.407 e. The lowest BCUT2D eigenvalue weighted by atomic mass is 9.99. The van der Waals surface area contributed by atoms with Crippen molar-refractivity contribution in [3.05, 3.63) is 30.1 Å². The molecule has 0 bridgehead atoms. The minimum absolute atomic E-state index is 0.0319. The molecule has 1 saturated heterocycles. The van der Waals surface area contributed by atoms with Crippen molar-refractivity contribution in [2.75, 3.05) is 13.1 Å². The van der Waals surface area contributed by atoms with Crippen LogP contribution >= 0.6 is 0 Å². The Morgan fingerprint density at radius 3 is 2.78 bits per heavy atom. The Morgan fingerprint density at radius 1 is 1.57 bits per heavy atom. The molecule has 0 saturated carbocycles. The van der Waals surface area contributed by atoms with Gasteiger partial charge in [-0.3, -0.25) is 9.88 Å². The average molecular weight is 321 g/mol. The highest BCUT2D eigenvalue weighted by Gasteiger charge is 2.37. The van der Waals surface area contributed by atoms with Crippen LogP contribution in [0.2, 0.25) is 0 Å². The second kappa shape index (κ2) is 6.82. The van der Waals surface area contributed by atoms with E-state index < -0.39 is 11.7 Å². The second-order valence-corrected chi connectivity index (χ2v) is 6.51. The molecule has 0 aromatic carbocycles. The number of ether oxygens (including phenoxy) is 1. The van der Waals surface area contributed by atoms with Gasteiger partial charge in [0.1, 0.15) is 5.60 Å². The van der Waals surface area contributed by atoms with E-state index in [9.17, 15) is 4.79 Å². The molecule has 1 aliphatic rings. The average Bonchev–Trinajstić information content (AvgIpc) is 2.43. The molecule has 1 aromatic rings. The molecule has 0 aliphatic carbocycles. The van der Waals surface area contributed by atoms with Gasteiger partial charge in [0.25, 0.3) is 0 Å². The molecule has 2 rings (SSSR count). The topological polar surface area (TPSA) is 113 Å². The first-order valence-electron chi connectivity index (χ1n) is 7.41. The molecular weight excluding hydrogens is 298 g/mol. The molecule has 4 N–H and O–H groups in total. The van der Waals surface area contributed by atoms with Crippen molar-refractivity contribution in [1.82, 2.24) is 15.2 Å². The van der Waals surface area contributed by atoms with E-state index in [1.807, 2.05) is 31.7 Å². The van der Waals surface area contributed by atoms with Gasteiger partial charge in [0, 0.05) is 25.5 Å². The number of nitrogens with two attached hydrogens (primary N) is 1. The first kappa shape index (κ1) is 17.0. The molecular formula is C15H23N5O3. The predicted molar refractivity (Wildman–Crippen MR) is 85.1 cm³/mol. The third-order valence-electron chi connectivity index (χ3n) is 3.39. The zero-order valence-corrected chi connectivity index (χ0v) is 13.6. The summed E-state index contributed by atoms with van der Waals surface area (Å²) in [5.74, 6) is 0.0914. The van der Waals surface area contributed by atoms with Crippen LogP contribution in [0, 0.1) is 0 Å². The van der Waals surface area contributed by atoms with Crippen LogP contribution in [0.4, 0.5) is 4.79 Å². The van der Waals surface area contributed by atoms with Crippen LogP contribution in [0.15, 0.2) is 29.7 Å². The fourth-order valence-electron chi connectivity index (χ4n) is 2.45. The molecule has 0 spiro atoms. The summed E-state index contributed by atoms with van der Waals surface area (Å²) in [6, 6.07) is 3.26. The summed E-state index contributed by atoms with van der Waals surface area (Å²) in [5, 5.41) is 14.9. The summed E-state index contributed by atoms with van der Waals surface area (Å²) in [5.41, 5.74) is 6.11. The van der Waals surface area contributed by atoms with Gasteiger partial charge in [-0.1, -0.05) is 11.2 Å². The Kier molecular flexibility index (Phi) is 5.05. The fourth-order valence-corrected chi connectivity index (χ4v) is 2.45. The third kappa shape index (κ3) is 4.56. The molecule has 1 aliphatic heterocycles. The number of amidine groups is 1. The summed E-state index contributed by atoms with van der Waals surface area (Å²) in [6.07, 6.45) is 2.90. The molecule has 1 fully saturated rings. The van der Waals surface area contributed by atoms with Crippen LogP contribution < -0.4 is 11.1 Å². The first-order valence-corrected chi connectivity index (χ1v) is 7.41. The van der Waals surface area contributed by atoms with Crippen molar-refractivity contribution in [3.63, 3.8) is 0 Å². The molecule has 23 heavy (non-hydrogen) atoms. The summed E-state index contributed by atoms with van der Waals surface area (Å²) in [6.45, 7) is 6.60. The summed E-state index contributed by atoms with van der Waals surface area (Å²) in [4.78, 5) is 17.8. The Bertz CT molecular complexity index is 564. The standard InChI is InChI=1S/C15H23N5O3/c1-15(2,3)23-14(21)18-11-8-20(9-11)12(13(16)19-22)10-5-4-6-17-7-10/h4-7,11-12,22H,8-9H2,1-3H3,(H2,16,19)(H,18,21)/t12-/m1/s1. The van der Waals surface area contributed by atoms with Crippen molar-refractivity contribution in [2.45, 2.75) is 38.5 Å². The molecule has 1 amide bonds. The predicted octanol–water partition coefficient (Wildman–Crippen LogP) is 1.08. The molecule has 8 nitrogen and oxygen atoms in total. The number of amides is 1. The Hall–Kier alpha value is -2.35. The van der Waals surface area contributed by atoms with E-state index in [0.29, 0.717) is 13.1 Å². The molecule has 1 aromatic heterocycles. The minimum Gasteiger partial charge on any atom is -0.444 e. The smallest absolute Gasteiger partial charge is 0.407 e. The van der Waals surface area contributed by atoms with E-state index in [2.05, 4.69) is 15.5 Å². The van der Waals surface area contributed by atoms with E-state index in [0.717, 1.165) is 5.56 Å². The number of oxime groups is 1. The Morgan fingerprint density at radius 2 is 2.26 bits per heavy atom. The summed E-state index contributed by atoms with van der Waals surface area (Å²) in [7, 11) is 0. The van der Waals surface area contributed by atoms with Crippen LogP contribution in [-0.2, 0) is 4.74 Å². The number of alkyl carbamates (subject to hydrolysis) is 1. The summed E-state index contributed by atoms with van der Waals surface area (Å²) >= 11 is 0. The van der Waals surface area contributed by atoms with Crippen molar-refractivity contribution in [2.24, 2.45) is 10.9 Å². The van der Waals surface area contributed by atoms with Crippen LogP contribution in [0.5, 0.6) is 0 Å². The SMILES string of the molecule is CC(C)(C)OC(=O)NC1CN([C@@H](C(N)=NO)c2cccnc2)C1. The van der Waals surface area contributed by atoms with Crippen molar-refractivity contribution in [1.29, 1.82) is 0 Å². The highest BCUT2D eigenvalue weighted by atomic mass is 16.6. The van der Waals surface area contributed by atoms with Crippen LogP contribution in [0.1, 0.15) is 32.4 Å². The monoisotopic (exact) mass is 321 g/mol. The molecule has 8 heteroatoms. The maximum atomic E-state index is 11.7. The van der Waals surface area contributed by atoms with Gasteiger partial charge in [-0.15, -0.1) is 0 Å². The van der Waals surface area contributed by atoms with E-state index in [4.69, 9.17) is 15.7 Å². The van der Waals surface area contributed by atoms with Crippen LogP contribution in [0.25, 0.3) is 0 Å². The maximum absolute atomic E-state index is 11.7. The number of carbonyl (C=O) groups is 1. The first-order chi connectivity index (χ1) is 10.8. The number of hydrogen-bond donors (Lipinski definition) is 3. The van der Waals surface area contributed by atoms with Gasteiger partial charge in [0.15, 0.2) is 5.84 Å². The van der Waals surface area contributed by atoms with Crippen molar-refractivity contribution >= 4 is 11.9 Å². The van der Waals surface area contributed by atoms with Gasteiger partial charge < -0.3 is 21.0 Å². The number of carbonyl (C=O) groups excluding carboxylic acids is 1. The lowest BCUT2D eigenvalue weighted by molar-refractivity contribution is 0.0372. The third-order valence-corrected chi connectivity index (χ3v) is 3.39. The van der Waals surface area contributed by atoms with Gasteiger partial charge in [0.05, 0.1) is 12.1 Å². The fraction of sp³-hybridized carbons (Fsp3) is 0.533. The summed E-state index contributed by atoms with van der Waals surface area (Å²) < 4.78 is 5.23. The Balaban J connectivity index is 1.94. The minimum atomic E-state index is -0.528. The van der Waals surface area contributed by atoms with Gasteiger partial charge in [-0.25, -0.2) is 4.79 Å². The number of nitrogens with one attached hydrogen (secondary N) is 1. The van der Waals surface area contributed by atoms with Gasteiger partial charge in [0.2, 0.25) is 0 Å². The van der Waals surface area contributed by atoms with Gasteiger partial charge in [-0.2, -0.15) is 0 Å². The number of aromatic nitrogens is 1. The molecule has 1 atom stereocenters. The van der Waals surface area contributed by atoms with E-state index in [1.165, 1.54) is 0 Å². The Labute approximate surface area is 135 Å². The molecule has 0 radical (unpaired) electrons. The lowest BCUT2D eigenvalue weighted by Crippen LogP contribution is -2.62. The van der Waals surface area contributed by atoms with E-state index in [1.54, 1.807) is 18.5 Å². The number of likely N-dealkylation sites (tertiary alicyclic amines) is 1. The number of hydrogen-bond acceptors (Lipinski definition) is 6. The van der Waals surface area contributed by atoms with E-state index >= 15 is 0 Å². The van der Waals surface area contributed by atoms with Gasteiger partial charge >= 0.3 is 6.09 Å². The molecule has 2 heterocycles. The normalized spacial score (nSPS) is 18.1. The zero-order chi connectivity index (χ0) is 17.0. The van der Waals surface area contributed by atoms with Crippen LogP contribution in [-0.4, -0.2) is 51.8 Å². The molecule has 0 unspecified atom stereocenters. The van der Waals surface area contributed by atoms with Gasteiger partial charge in [-0.05, 0) is 32.4 Å². The number of pyridine rings is 1. The lowest BCUT2D eigenvalue weighted by Gasteiger charge is -2.43. The van der Waals surface area contributed by atoms with Crippen molar-refractivity contribution < 1.29 is 14.7 Å². The second-order valence-electron chi connectivity index (χ2n) is 6.51. The van der Waals surface area contributed by atoms with E-state index in [-0.39, 0.29) is 17.9 Å². The highest BCUT2D eigenvalue weighted by molar-refractivity contribution is 5.86. The highest BCUT2D eigenvalue weighted by Crippen LogP contribution is 2.25. The quantitative estimate of drug-likeness (QED) is 0.331. The zero-order valence-electron chi connectivity index (χ0n) is 13.6. The van der Waals surface area contributed by atoms with Crippen LogP contribution in [0.3, 0.4) is 0 Å². The number of nitrogens with zero attached hydrogens (tertiary/aromatic N) is 3. The largest absolute Gasteiger partial charge is 0.444 e. The molecule has 126 valence electrons.